The van der Waals surface area contributed by atoms with E-state index in [-0.39, 0.29) is 5.91 Å². The number of fused-ring (bicyclic) bond motifs is 2. The van der Waals surface area contributed by atoms with E-state index in [1.54, 1.807) is 4.90 Å². The first kappa shape index (κ1) is 15.1. The number of hydrogen-bond donors (Lipinski definition) is 2. The summed E-state index contributed by atoms with van der Waals surface area (Å²) in [5, 5.41) is 17.1. The SMILES string of the molecule is O=C(O)/C=C/C(=O)N1CCc2ccc(-c3n[nH]c4ccccc34)cc21. The smallest absolute Gasteiger partial charge is 0.328 e. The number of hydrogen-bond acceptors (Lipinski definition) is 3. The van der Waals surface area contributed by atoms with E-state index in [4.69, 9.17) is 5.11 Å². The largest absolute Gasteiger partial charge is 0.478 e. The number of aromatic nitrogens is 2. The van der Waals surface area contributed by atoms with Crippen LogP contribution in [-0.4, -0.2) is 33.7 Å². The summed E-state index contributed by atoms with van der Waals surface area (Å²) >= 11 is 0. The van der Waals surface area contributed by atoms with Crippen LogP contribution in [0.4, 0.5) is 5.69 Å². The van der Waals surface area contributed by atoms with Crippen molar-refractivity contribution in [2.75, 3.05) is 11.4 Å². The van der Waals surface area contributed by atoms with E-state index in [9.17, 15) is 9.59 Å². The van der Waals surface area contributed by atoms with Gasteiger partial charge in [-0.2, -0.15) is 5.10 Å². The summed E-state index contributed by atoms with van der Waals surface area (Å²) in [6, 6.07) is 13.8. The summed E-state index contributed by atoms with van der Waals surface area (Å²) in [6.45, 7) is 0.545. The summed E-state index contributed by atoms with van der Waals surface area (Å²) in [5.41, 5.74) is 4.58. The van der Waals surface area contributed by atoms with Crippen molar-refractivity contribution in [3.8, 4) is 11.3 Å². The van der Waals surface area contributed by atoms with Gasteiger partial charge in [0.15, 0.2) is 0 Å². The molecule has 0 fully saturated rings. The lowest BCUT2D eigenvalue weighted by Gasteiger charge is -2.15. The van der Waals surface area contributed by atoms with Gasteiger partial charge in [-0.05, 0) is 24.1 Å². The highest BCUT2D eigenvalue weighted by atomic mass is 16.4. The van der Waals surface area contributed by atoms with E-state index in [1.807, 2.05) is 42.5 Å². The third-order valence-electron chi connectivity index (χ3n) is 4.36. The van der Waals surface area contributed by atoms with E-state index in [2.05, 4.69) is 10.2 Å². The number of aromatic amines is 1. The number of aliphatic carboxylic acids is 1. The van der Waals surface area contributed by atoms with Gasteiger partial charge in [0.2, 0.25) is 0 Å². The Balaban J connectivity index is 1.73. The van der Waals surface area contributed by atoms with Crippen LogP contribution >= 0.6 is 0 Å². The van der Waals surface area contributed by atoms with Gasteiger partial charge in [-0.3, -0.25) is 9.89 Å². The third kappa shape index (κ3) is 2.67. The molecule has 0 saturated heterocycles. The maximum absolute atomic E-state index is 12.3. The number of carboxylic acids is 1. The van der Waals surface area contributed by atoms with Crippen LogP contribution in [0.1, 0.15) is 5.56 Å². The number of amides is 1. The number of carbonyl (C=O) groups is 2. The number of carbonyl (C=O) groups excluding carboxylic acids is 1. The maximum Gasteiger partial charge on any atom is 0.328 e. The molecular weight excluding hydrogens is 318 g/mol. The van der Waals surface area contributed by atoms with E-state index in [0.29, 0.717) is 6.54 Å². The van der Waals surface area contributed by atoms with Crippen LogP contribution in [-0.2, 0) is 16.0 Å². The van der Waals surface area contributed by atoms with Gasteiger partial charge < -0.3 is 10.0 Å². The van der Waals surface area contributed by atoms with Gasteiger partial charge in [-0.1, -0.05) is 30.3 Å². The minimum Gasteiger partial charge on any atom is -0.478 e. The first-order valence-electron chi connectivity index (χ1n) is 7.92. The number of H-pyrrole nitrogens is 1. The number of nitrogens with zero attached hydrogens (tertiary/aromatic N) is 2. The maximum atomic E-state index is 12.3. The van der Waals surface area contributed by atoms with E-state index in [0.717, 1.165) is 52.0 Å². The fraction of sp³-hybridized carbons (Fsp3) is 0.105. The molecule has 0 bridgehead atoms. The van der Waals surface area contributed by atoms with Gasteiger partial charge in [0.25, 0.3) is 5.91 Å². The van der Waals surface area contributed by atoms with Crippen molar-refractivity contribution in [3.05, 3.63) is 60.2 Å². The number of nitrogens with one attached hydrogen (secondary N) is 1. The highest BCUT2D eigenvalue weighted by Gasteiger charge is 2.24. The van der Waals surface area contributed by atoms with Gasteiger partial charge in [-0.15, -0.1) is 0 Å². The normalized spacial score (nSPS) is 13.5. The molecule has 0 aliphatic carbocycles. The Hall–Kier alpha value is -3.41. The molecule has 2 N–H and O–H groups in total. The van der Waals surface area contributed by atoms with Gasteiger partial charge in [0.05, 0.1) is 11.2 Å². The lowest BCUT2D eigenvalue weighted by molar-refractivity contribution is -0.131. The molecule has 1 aliphatic heterocycles. The zero-order valence-electron chi connectivity index (χ0n) is 13.3. The molecule has 1 aliphatic rings. The molecule has 2 aromatic carbocycles. The van der Waals surface area contributed by atoms with Crippen LogP contribution < -0.4 is 4.90 Å². The zero-order chi connectivity index (χ0) is 17.4. The van der Waals surface area contributed by atoms with Gasteiger partial charge >= 0.3 is 5.97 Å². The Kier molecular flexibility index (Phi) is 3.57. The number of benzene rings is 2. The molecule has 1 amide bonds. The van der Waals surface area contributed by atoms with Crippen molar-refractivity contribution in [1.29, 1.82) is 0 Å². The van der Waals surface area contributed by atoms with Crippen LogP contribution in [0.5, 0.6) is 0 Å². The summed E-state index contributed by atoms with van der Waals surface area (Å²) in [4.78, 5) is 24.5. The monoisotopic (exact) mass is 333 g/mol. The Labute approximate surface area is 143 Å². The average Bonchev–Trinajstić information content (AvgIpc) is 3.23. The summed E-state index contributed by atoms with van der Waals surface area (Å²) in [5.74, 6) is -1.46. The standard InChI is InChI=1S/C19H15N3O3/c23-17(7-8-18(24)25)22-10-9-12-5-6-13(11-16(12)22)19-14-3-1-2-4-15(14)20-21-19/h1-8,11H,9-10H2,(H,20,21)(H,24,25)/b8-7+. The molecular formula is C19H15N3O3. The Morgan fingerprint density at radius 2 is 2.00 bits per heavy atom. The van der Waals surface area contributed by atoms with Crippen LogP contribution in [0.15, 0.2) is 54.6 Å². The quantitative estimate of drug-likeness (QED) is 0.722. The molecule has 3 aromatic rings. The predicted molar refractivity (Wildman–Crippen MR) is 94.4 cm³/mol. The van der Waals surface area contributed by atoms with Crippen molar-refractivity contribution in [3.63, 3.8) is 0 Å². The average molecular weight is 333 g/mol. The van der Waals surface area contributed by atoms with Crippen LogP contribution in [0.3, 0.4) is 0 Å². The third-order valence-corrected chi connectivity index (χ3v) is 4.36. The second kappa shape index (κ2) is 5.90. The van der Waals surface area contributed by atoms with Crippen molar-refractivity contribution in [2.45, 2.75) is 6.42 Å². The molecule has 0 atom stereocenters. The molecule has 25 heavy (non-hydrogen) atoms. The van der Waals surface area contributed by atoms with Crippen molar-refractivity contribution in [2.24, 2.45) is 0 Å². The van der Waals surface area contributed by atoms with E-state index >= 15 is 0 Å². The van der Waals surface area contributed by atoms with Gasteiger partial charge in [-0.25, -0.2) is 4.79 Å². The molecule has 4 rings (SSSR count). The topological polar surface area (TPSA) is 86.3 Å². The molecule has 2 heterocycles. The molecule has 0 saturated carbocycles. The molecule has 124 valence electrons. The molecule has 6 heteroatoms. The highest BCUT2D eigenvalue weighted by Crippen LogP contribution is 2.34. The summed E-state index contributed by atoms with van der Waals surface area (Å²) in [7, 11) is 0. The van der Waals surface area contributed by atoms with E-state index in [1.165, 1.54) is 0 Å². The summed E-state index contributed by atoms with van der Waals surface area (Å²) < 4.78 is 0. The Bertz CT molecular complexity index is 1020. The molecule has 0 radical (unpaired) electrons. The van der Waals surface area contributed by atoms with Crippen LogP contribution in [0.2, 0.25) is 0 Å². The van der Waals surface area contributed by atoms with E-state index < -0.39 is 5.97 Å². The minimum atomic E-state index is -1.13. The van der Waals surface area contributed by atoms with Gasteiger partial charge in [0.1, 0.15) is 0 Å². The number of carboxylic acid groups (broad SMARTS) is 1. The zero-order valence-corrected chi connectivity index (χ0v) is 13.3. The van der Waals surface area contributed by atoms with Crippen molar-refractivity contribution < 1.29 is 14.7 Å². The van der Waals surface area contributed by atoms with Crippen LogP contribution in [0.25, 0.3) is 22.2 Å². The Morgan fingerprint density at radius 3 is 2.84 bits per heavy atom. The molecule has 0 spiro atoms. The van der Waals surface area contributed by atoms with Gasteiger partial charge in [0, 0.05) is 35.3 Å². The van der Waals surface area contributed by atoms with Crippen molar-refractivity contribution >= 4 is 28.5 Å². The Morgan fingerprint density at radius 1 is 1.16 bits per heavy atom. The first-order valence-corrected chi connectivity index (χ1v) is 7.92. The summed E-state index contributed by atoms with van der Waals surface area (Å²) in [6.07, 6.45) is 2.71. The number of anilines is 1. The first-order chi connectivity index (χ1) is 12.1. The lowest BCUT2D eigenvalue weighted by Crippen LogP contribution is -2.27. The molecule has 0 unspecified atom stereocenters. The number of para-hydroxylation sites is 1. The second-order valence-electron chi connectivity index (χ2n) is 5.87. The fourth-order valence-corrected chi connectivity index (χ4v) is 3.17. The fourth-order valence-electron chi connectivity index (χ4n) is 3.17. The van der Waals surface area contributed by atoms with Crippen LogP contribution in [0, 0.1) is 0 Å². The predicted octanol–water partition coefficient (Wildman–Crippen LogP) is 2.76. The lowest BCUT2D eigenvalue weighted by atomic mass is 10.0. The number of rotatable bonds is 3. The molecule has 6 nitrogen and oxygen atoms in total. The van der Waals surface area contributed by atoms with Crippen molar-refractivity contribution in [1.82, 2.24) is 10.2 Å². The minimum absolute atomic E-state index is 0.329. The molecule has 1 aromatic heterocycles. The second-order valence-corrected chi connectivity index (χ2v) is 5.87. The highest BCUT2D eigenvalue weighted by molar-refractivity contribution is 6.06.